The molecule has 0 nitrogen and oxygen atoms in total. The van der Waals surface area contributed by atoms with Crippen LogP contribution in [0.2, 0.25) is 0 Å². The molecule has 21 heavy (non-hydrogen) atoms. The molecule has 0 aliphatic rings. The van der Waals surface area contributed by atoms with Crippen molar-refractivity contribution in [1.82, 2.24) is 0 Å². The summed E-state index contributed by atoms with van der Waals surface area (Å²) in [7, 11) is 0. The minimum absolute atomic E-state index is 0.0398. The third-order valence-electron chi connectivity index (χ3n) is 2.96. The maximum Gasteiger partial charge on any atom is 0.416 e. The molecular weight excluding hydrogens is 287 g/mol. The third-order valence-corrected chi connectivity index (χ3v) is 2.96. The van der Waals surface area contributed by atoms with Crippen LogP contribution in [0.3, 0.4) is 0 Å². The zero-order valence-corrected chi connectivity index (χ0v) is 11.0. The summed E-state index contributed by atoms with van der Waals surface area (Å²) in [6.07, 6.45) is -4.51. The van der Waals surface area contributed by atoms with Gasteiger partial charge in [0.1, 0.15) is 0 Å². The number of aryl methyl sites for hydroxylation is 1. The Hall–Kier alpha value is -2.17. The summed E-state index contributed by atoms with van der Waals surface area (Å²) >= 11 is 0. The van der Waals surface area contributed by atoms with Crippen LogP contribution in [0.5, 0.6) is 0 Å². The van der Waals surface area contributed by atoms with Crippen LogP contribution in [0, 0.1) is 6.92 Å². The Labute approximate surface area is 118 Å². The molecule has 2 aromatic rings. The average Bonchev–Trinajstić information content (AvgIpc) is 2.46. The van der Waals surface area contributed by atoms with Crippen LogP contribution < -0.4 is 0 Å². The molecule has 0 saturated heterocycles. The van der Waals surface area contributed by atoms with Crippen molar-refractivity contribution >= 4 is 11.7 Å². The molecule has 0 atom stereocenters. The maximum absolute atomic E-state index is 14.0. The highest BCUT2D eigenvalue weighted by Gasteiger charge is 2.30. The number of hydrogen-bond acceptors (Lipinski definition) is 0. The molecule has 0 aliphatic carbocycles. The molecule has 0 spiro atoms. The van der Waals surface area contributed by atoms with Gasteiger partial charge < -0.3 is 0 Å². The van der Waals surface area contributed by atoms with Crippen LogP contribution in [-0.4, -0.2) is 0 Å². The fourth-order valence-corrected chi connectivity index (χ4v) is 1.76. The van der Waals surface area contributed by atoms with Crippen molar-refractivity contribution < 1.29 is 22.0 Å². The predicted octanol–water partition coefficient (Wildman–Crippen LogP) is 5.78. The summed E-state index contributed by atoms with van der Waals surface area (Å²) in [6.45, 7) is 1.80. The molecular formula is C16H11F5. The molecule has 0 heterocycles. The minimum atomic E-state index is -4.51. The molecule has 0 saturated carbocycles. The summed E-state index contributed by atoms with van der Waals surface area (Å²) in [5.74, 6) is -2.29. The Kier molecular flexibility index (Phi) is 4.11. The zero-order valence-electron chi connectivity index (χ0n) is 11.0. The summed E-state index contributed by atoms with van der Waals surface area (Å²) in [5, 5.41) is 0. The zero-order chi connectivity index (χ0) is 15.6. The monoisotopic (exact) mass is 298 g/mol. The van der Waals surface area contributed by atoms with Crippen LogP contribution in [0.15, 0.2) is 48.5 Å². The van der Waals surface area contributed by atoms with E-state index in [1.807, 2.05) is 0 Å². The molecule has 5 heteroatoms. The van der Waals surface area contributed by atoms with Gasteiger partial charge in [-0.25, -0.2) is 8.78 Å². The maximum atomic E-state index is 14.0. The Morgan fingerprint density at radius 2 is 1.10 bits per heavy atom. The first-order valence-electron chi connectivity index (χ1n) is 6.09. The Morgan fingerprint density at radius 1 is 0.714 bits per heavy atom. The summed E-state index contributed by atoms with van der Waals surface area (Å²) in [6, 6.07) is 9.32. The molecule has 0 fully saturated rings. The average molecular weight is 298 g/mol. The van der Waals surface area contributed by atoms with Gasteiger partial charge in [-0.15, -0.1) is 0 Å². The lowest BCUT2D eigenvalue weighted by Crippen LogP contribution is -2.04. The van der Waals surface area contributed by atoms with Crippen LogP contribution in [0.25, 0.3) is 11.7 Å². The van der Waals surface area contributed by atoms with Gasteiger partial charge in [0.2, 0.25) is 0 Å². The first-order chi connectivity index (χ1) is 9.79. The van der Waals surface area contributed by atoms with Gasteiger partial charge in [-0.2, -0.15) is 13.2 Å². The van der Waals surface area contributed by atoms with Crippen molar-refractivity contribution in [2.45, 2.75) is 13.1 Å². The van der Waals surface area contributed by atoms with E-state index in [0.29, 0.717) is 0 Å². The fourth-order valence-electron chi connectivity index (χ4n) is 1.76. The van der Waals surface area contributed by atoms with Crippen molar-refractivity contribution in [3.63, 3.8) is 0 Å². The van der Waals surface area contributed by atoms with E-state index in [9.17, 15) is 22.0 Å². The predicted molar refractivity (Wildman–Crippen MR) is 71.7 cm³/mol. The number of halogens is 5. The number of rotatable bonds is 2. The van der Waals surface area contributed by atoms with Crippen LogP contribution >= 0.6 is 0 Å². The lowest BCUT2D eigenvalue weighted by molar-refractivity contribution is -0.137. The Balaban J connectivity index is 2.36. The number of alkyl halides is 3. The number of benzene rings is 2. The second kappa shape index (κ2) is 5.68. The van der Waals surface area contributed by atoms with Crippen LogP contribution in [0.4, 0.5) is 22.0 Å². The van der Waals surface area contributed by atoms with Crippen molar-refractivity contribution in [1.29, 1.82) is 0 Å². The van der Waals surface area contributed by atoms with Crippen molar-refractivity contribution in [3.8, 4) is 0 Å². The van der Waals surface area contributed by atoms with Crippen LogP contribution in [-0.2, 0) is 6.18 Å². The molecule has 0 amide bonds. The largest absolute Gasteiger partial charge is 0.416 e. The second-order valence-electron chi connectivity index (χ2n) is 4.57. The van der Waals surface area contributed by atoms with E-state index in [0.717, 1.165) is 29.8 Å². The highest BCUT2D eigenvalue weighted by Crippen LogP contribution is 2.32. The summed E-state index contributed by atoms with van der Waals surface area (Å²) in [5.41, 5.74) is -0.213. The lowest BCUT2D eigenvalue weighted by atomic mass is 10.1. The molecule has 0 aliphatic heterocycles. The first kappa shape index (κ1) is 15.2. The smallest absolute Gasteiger partial charge is 0.203 e. The Morgan fingerprint density at radius 3 is 1.48 bits per heavy atom. The molecule has 0 aromatic heterocycles. The minimum Gasteiger partial charge on any atom is -0.203 e. The van der Waals surface area contributed by atoms with Crippen molar-refractivity contribution in [2.75, 3.05) is 0 Å². The van der Waals surface area contributed by atoms with Crippen molar-refractivity contribution in [2.24, 2.45) is 0 Å². The lowest BCUT2D eigenvalue weighted by Gasteiger charge is -2.07. The van der Waals surface area contributed by atoms with Crippen LogP contribution in [0.1, 0.15) is 22.3 Å². The van der Waals surface area contributed by atoms with Gasteiger partial charge in [-0.3, -0.25) is 0 Å². The standard InChI is InChI=1S/C16H11F5/c1-10-2-4-11(5-3-10)14(17)15(18)12-6-8-13(9-7-12)16(19,20)21/h2-9H,1H3/b15-14+. The Bertz CT molecular complexity index is 649. The van der Waals surface area contributed by atoms with Gasteiger partial charge in [0.15, 0.2) is 11.7 Å². The summed E-state index contributed by atoms with van der Waals surface area (Å²) < 4.78 is 65.1. The first-order valence-corrected chi connectivity index (χ1v) is 6.09. The van der Waals surface area contributed by atoms with Gasteiger partial charge in [-0.1, -0.05) is 42.0 Å². The van der Waals surface area contributed by atoms with Gasteiger partial charge in [0, 0.05) is 11.1 Å². The van der Waals surface area contributed by atoms with Gasteiger partial charge in [-0.05, 0) is 19.1 Å². The van der Waals surface area contributed by atoms with Crippen molar-refractivity contribution in [3.05, 3.63) is 70.8 Å². The quantitative estimate of drug-likeness (QED) is 0.487. The molecule has 0 bridgehead atoms. The number of hydrogen-bond donors (Lipinski definition) is 0. The van der Waals surface area contributed by atoms with E-state index in [4.69, 9.17) is 0 Å². The van der Waals surface area contributed by atoms with E-state index in [1.54, 1.807) is 19.1 Å². The van der Waals surface area contributed by atoms with E-state index in [2.05, 4.69) is 0 Å². The molecule has 2 rings (SSSR count). The van der Waals surface area contributed by atoms with E-state index >= 15 is 0 Å². The van der Waals surface area contributed by atoms with Gasteiger partial charge in [0.25, 0.3) is 0 Å². The second-order valence-corrected chi connectivity index (χ2v) is 4.57. The normalized spacial score (nSPS) is 13.0. The highest BCUT2D eigenvalue weighted by molar-refractivity contribution is 5.83. The molecule has 0 N–H and O–H groups in total. The van der Waals surface area contributed by atoms with Gasteiger partial charge in [0.05, 0.1) is 5.56 Å². The molecule has 0 unspecified atom stereocenters. The third kappa shape index (κ3) is 3.48. The topological polar surface area (TPSA) is 0 Å². The van der Waals surface area contributed by atoms with E-state index < -0.39 is 23.4 Å². The molecule has 0 radical (unpaired) electrons. The summed E-state index contributed by atoms with van der Waals surface area (Å²) in [4.78, 5) is 0. The van der Waals surface area contributed by atoms with Gasteiger partial charge >= 0.3 is 6.18 Å². The SMILES string of the molecule is Cc1ccc(/C(F)=C(\F)c2ccc(C(F)(F)F)cc2)cc1. The molecule has 110 valence electrons. The van der Waals surface area contributed by atoms with E-state index in [-0.39, 0.29) is 11.1 Å². The molecule has 2 aromatic carbocycles. The highest BCUT2D eigenvalue weighted by atomic mass is 19.4. The van der Waals surface area contributed by atoms with E-state index in [1.165, 1.54) is 12.1 Å². The fraction of sp³-hybridized carbons (Fsp3) is 0.125.